The second-order valence-corrected chi connectivity index (χ2v) is 5.43. The Balaban J connectivity index is 1.56. The Kier molecular flexibility index (Phi) is 4.96. The molecule has 0 unspecified atom stereocenters. The van der Waals surface area contributed by atoms with Crippen molar-refractivity contribution in [3.63, 3.8) is 0 Å². The number of nitrogens with zero attached hydrogens (tertiary/aromatic N) is 1. The minimum absolute atomic E-state index is 0.211. The molecular weight excluding hydrogens is 303 g/mol. The summed E-state index contributed by atoms with van der Waals surface area (Å²) >= 11 is 0. The number of carbonyl (C=O) groups excluding carboxylic acids is 1. The average molecular weight is 320 g/mol. The Morgan fingerprint density at radius 2 is 1.67 bits per heavy atom. The molecule has 0 fully saturated rings. The maximum Gasteiger partial charge on any atom is 0.269 e. The number of pyridine rings is 1. The molecule has 1 aromatic heterocycles. The van der Waals surface area contributed by atoms with Gasteiger partial charge in [0, 0.05) is 18.3 Å². The summed E-state index contributed by atoms with van der Waals surface area (Å²) in [5.74, 6) is -0.470. The van der Waals surface area contributed by atoms with Crippen molar-refractivity contribution in [2.24, 2.45) is 0 Å². The van der Waals surface area contributed by atoms with Crippen molar-refractivity contribution in [1.82, 2.24) is 10.3 Å². The first-order chi connectivity index (χ1) is 11.7. The van der Waals surface area contributed by atoms with Gasteiger partial charge in [0.1, 0.15) is 11.5 Å². The van der Waals surface area contributed by atoms with Gasteiger partial charge in [0.05, 0.1) is 0 Å². The SMILES string of the molecule is O=C(NCCc1ccc(F)cc1)c1ccc(-c2ccccc2)cn1. The van der Waals surface area contributed by atoms with Crippen molar-refractivity contribution >= 4 is 5.91 Å². The Morgan fingerprint density at radius 1 is 0.917 bits per heavy atom. The first-order valence-corrected chi connectivity index (χ1v) is 7.76. The number of aromatic nitrogens is 1. The van der Waals surface area contributed by atoms with E-state index in [9.17, 15) is 9.18 Å². The van der Waals surface area contributed by atoms with Crippen LogP contribution in [0.4, 0.5) is 4.39 Å². The summed E-state index contributed by atoms with van der Waals surface area (Å²) in [7, 11) is 0. The summed E-state index contributed by atoms with van der Waals surface area (Å²) in [6.07, 6.45) is 2.35. The van der Waals surface area contributed by atoms with Crippen molar-refractivity contribution in [3.05, 3.63) is 90.0 Å². The summed E-state index contributed by atoms with van der Waals surface area (Å²) in [5, 5.41) is 2.83. The summed E-state index contributed by atoms with van der Waals surface area (Å²) in [6.45, 7) is 0.479. The topological polar surface area (TPSA) is 42.0 Å². The summed E-state index contributed by atoms with van der Waals surface area (Å²) in [5.41, 5.74) is 3.39. The maximum atomic E-state index is 12.8. The van der Waals surface area contributed by atoms with E-state index < -0.39 is 0 Å². The zero-order valence-electron chi connectivity index (χ0n) is 13.1. The van der Waals surface area contributed by atoms with Gasteiger partial charge in [-0.1, -0.05) is 48.5 Å². The van der Waals surface area contributed by atoms with Crippen molar-refractivity contribution in [3.8, 4) is 11.1 Å². The number of carbonyl (C=O) groups is 1. The lowest BCUT2D eigenvalue weighted by Gasteiger charge is -2.06. The molecule has 0 aliphatic rings. The normalized spacial score (nSPS) is 10.4. The molecule has 0 atom stereocenters. The highest BCUT2D eigenvalue weighted by molar-refractivity contribution is 5.92. The van der Waals surface area contributed by atoms with Crippen molar-refractivity contribution in [2.45, 2.75) is 6.42 Å². The number of rotatable bonds is 5. The Morgan fingerprint density at radius 3 is 2.33 bits per heavy atom. The molecule has 1 N–H and O–H groups in total. The molecule has 24 heavy (non-hydrogen) atoms. The first kappa shape index (κ1) is 15.9. The van der Waals surface area contributed by atoms with Gasteiger partial charge in [-0.2, -0.15) is 0 Å². The standard InChI is InChI=1S/C20H17FN2O/c21-18-9-6-15(7-10-18)12-13-22-20(24)19-11-8-17(14-23-19)16-4-2-1-3-5-16/h1-11,14H,12-13H2,(H,22,24). The number of hydrogen-bond acceptors (Lipinski definition) is 2. The van der Waals surface area contributed by atoms with Gasteiger partial charge < -0.3 is 5.32 Å². The third-order valence-corrected chi connectivity index (χ3v) is 3.72. The number of benzene rings is 2. The molecule has 0 bridgehead atoms. The van der Waals surface area contributed by atoms with Gasteiger partial charge in [-0.05, 0) is 35.7 Å². The smallest absolute Gasteiger partial charge is 0.269 e. The molecule has 0 saturated heterocycles. The fraction of sp³-hybridized carbons (Fsp3) is 0.100. The Labute approximate surface area is 140 Å². The number of nitrogens with one attached hydrogen (secondary N) is 1. The lowest BCUT2D eigenvalue weighted by molar-refractivity contribution is 0.0949. The molecule has 4 heteroatoms. The first-order valence-electron chi connectivity index (χ1n) is 7.76. The van der Waals surface area contributed by atoms with E-state index in [2.05, 4.69) is 10.3 Å². The zero-order valence-corrected chi connectivity index (χ0v) is 13.1. The zero-order chi connectivity index (χ0) is 16.8. The maximum absolute atomic E-state index is 12.8. The van der Waals surface area contributed by atoms with Crippen molar-refractivity contribution < 1.29 is 9.18 Å². The second kappa shape index (κ2) is 7.51. The van der Waals surface area contributed by atoms with Crippen LogP contribution in [0.5, 0.6) is 0 Å². The van der Waals surface area contributed by atoms with E-state index in [4.69, 9.17) is 0 Å². The van der Waals surface area contributed by atoms with Gasteiger partial charge in [-0.25, -0.2) is 4.39 Å². The number of halogens is 1. The van der Waals surface area contributed by atoms with Crippen LogP contribution in [0.1, 0.15) is 16.1 Å². The molecule has 3 aromatic rings. The van der Waals surface area contributed by atoms with E-state index in [-0.39, 0.29) is 11.7 Å². The molecule has 0 aliphatic heterocycles. The van der Waals surface area contributed by atoms with E-state index >= 15 is 0 Å². The molecule has 2 aromatic carbocycles. The number of amides is 1. The van der Waals surface area contributed by atoms with Crippen LogP contribution >= 0.6 is 0 Å². The predicted molar refractivity (Wildman–Crippen MR) is 92.1 cm³/mol. The highest BCUT2D eigenvalue weighted by Crippen LogP contribution is 2.17. The van der Waals surface area contributed by atoms with Gasteiger partial charge in [-0.15, -0.1) is 0 Å². The van der Waals surface area contributed by atoms with E-state index in [1.165, 1.54) is 12.1 Å². The van der Waals surface area contributed by atoms with Gasteiger partial charge in [0.25, 0.3) is 5.91 Å². The van der Waals surface area contributed by atoms with Gasteiger partial charge in [0.2, 0.25) is 0 Å². The van der Waals surface area contributed by atoms with E-state index in [0.717, 1.165) is 16.7 Å². The van der Waals surface area contributed by atoms with Gasteiger partial charge in [0.15, 0.2) is 0 Å². The van der Waals surface area contributed by atoms with Crippen molar-refractivity contribution in [2.75, 3.05) is 6.54 Å². The summed E-state index contributed by atoms with van der Waals surface area (Å²) in [4.78, 5) is 16.3. The highest BCUT2D eigenvalue weighted by Gasteiger charge is 2.07. The molecule has 120 valence electrons. The molecule has 0 aliphatic carbocycles. The molecule has 1 heterocycles. The summed E-state index contributed by atoms with van der Waals surface area (Å²) < 4.78 is 12.8. The third kappa shape index (κ3) is 4.04. The monoisotopic (exact) mass is 320 g/mol. The fourth-order valence-electron chi connectivity index (χ4n) is 2.39. The van der Waals surface area contributed by atoms with E-state index in [0.29, 0.717) is 18.7 Å². The van der Waals surface area contributed by atoms with Crippen molar-refractivity contribution in [1.29, 1.82) is 0 Å². The molecule has 3 rings (SSSR count). The van der Waals surface area contributed by atoms with E-state index in [1.54, 1.807) is 24.4 Å². The molecule has 0 saturated carbocycles. The minimum atomic E-state index is -0.259. The highest BCUT2D eigenvalue weighted by atomic mass is 19.1. The van der Waals surface area contributed by atoms with E-state index in [1.807, 2.05) is 36.4 Å². The third-order valence-electron chi connectivity index (χ3n) is 3.72. The molecule has 0 radical (unpaired) electrons. The van der Waals surface area contributed by atoms with Crippen LogP contribution in [0.15, 0.2) is 72.9 Å². The van der Waals surface area contributed by atoms with Crippen LogP contribution in [-0.4, -0.2) is 17.4 Å². The number of hydrogen-bond donors (Lipinski definition) is 1. The van der Waals surface area contributed by atoms with Crippen LogP contribution in [0, 0.1) is 5.82 Å². The molecule has 1 amide bonds. The van der Waals surface area contributed by atoms with Crippen LogP contribution in [-0.2, 0) is 6.42 Å². The second-order valence-electron chi connectivity index (χ2n) is 5.43. The summed E-state index contributed by atoms with van der Waals surface area (Å²) in [6, 6.07) is 19.8. The van der Waals surface area contributed by atoms with Crippen LogP contribution < -0.4 is 5.32 Å². The lowest BCUT2D eigenvalue weighted by atomic mass is 10.1. The lowest BCUT2D eigenvalue weighted by Crippen LogP contribution is -2.26. The van der Waals surface area contributed by atoms with Crippen LogP contribution in [0.25, 0.3) is 11.1 Å². The molecule has 0 spiro atoms. The quantitative estimate of drug-likeness (QED) is 0.775. The fourth-order valence-corrected chi connectivity index (χ4v) is 2.39. The van der Waals surface area contributed by atoms with Crippen LogP contribution in [0.2, 0.25) is 0 Å². The molecule has 3 nitrogen and oxygen atoms in total. The Bertz CT molecular complexity index is 799. The van der Waals surface area contributed by atoms with Gasteiger partial charge >= 0.3 is 0 Å². The predicted octanol–water partition coefficient (Wildman–Crippen LogP) is 3.86. The molecular formula is C20H17FN2O. The largest absolute Gasteiger partial charge is 0.350 e. The average Bonchev–Trinajstić information content (AvgIpc) is 2.64. The minimum Gasteiger partial charge on any atom is -0.350 e. The van der Waals surface area contributed by atoms with Crippen LogP contribution in [0.3, 0.4) is 0 Å². The van der Waals surface area contributed by atoms with Gasteiger partial charge in [-0.3, -0.25) is 9.78 Å². The Hall–Kier alpha value is -3.01.